The molecule has 0 aliphatic heterocycles. The summed E-state index contributed by atoms with van der Waals surface area (Å²) in [7, 11) is 0. The molecule has 1 rings (SSSR count). The topological polar surface area (TPSA) is 23.9 Å². The number of hydrogen-bond donors (Lipinski definition) is 1. The third-order valence-corrected chi connectivity index (χ3v) is 2.72. The van der Waals surface area contributed by atoms with Gasteiger partial charge in [-0.25, -0.2) is 0 Å². The first-order valence-corrected chi connectivity index (χ1v) is 8.14. The van der Waals surface area contributed by atoms with Gasteiger partial charge in [0.05, 0.1) is 0 Å². The third kappa shape index (κ3) is 20.9. The molecular formula is C15H24INS. The number of benzene rings is 1. The van der Waals surface area contributed by atoms with Crippen molar-refractivity contribution in [3.63, 3.8) is 0 Å². The van der Waals surface area contributed by atoms with Crippen molar-refractivity contribution in [2.24, 2.45) is 0 Å². The van der Waals surface area contributed by atoms with Crippen LogP contribution in [-0.2, 0) is 0 Å². The fourth-order valence-corrected chi connectivity index (χ4v) is 1.34. The van der Waals surface area contributed by atoms with Crippen LogP contribution in [0.15, 0.2) is 29.2 Å². The van der Waals surface area contributed by atoms with Crippen molar-refractivity contribution in [3.05, 3.63) is 27.8 Å². The van der Waals surface area contributed by atoms with E-state index in [0.717, 1.165) is 6.42 Å². The summed E-state index contributed by atoms with van der Waals surface area (Å²) in [6.45, 7) is 7.61. The van der Waals surface area contributed by atoms with E-state index < -0.39 is 0 Å². The van der Waals surface area contributed by atoms with Crippen LogP contribution < -0.4 is 0 Å². The van der Waals surface area contributed by atoms with E-state index in [9.17, 15) is 0 Å². The van der Waals surface area contributed by atoms with E-state index in [-0.39, 0.29) is 0 Å². The maximum absolute atomic E-state index is 6.08. The molecule has 18 heavy (non-hydrogen) atoms. The molecule has 0 fully saturated rings. The maximum atomic E-state index is 6.08. The summed E-state index contributed by atoms with van der Waals surface area (Å²) in [4.78, 5) is 1.33. The molecule has 1 N–H and O–H groups in total. The molecule has 0 aliphatic carbocycles. The minimum Gasteiger partial charge on any atom is -0.313 e. The predicted molar refractivity (Wildman–Crippen MR) is 95.9 cm³/mol. The molecule has 0 saturated carbocycles. The van der Waals surface area contributed by atoms with Crippen LogP contribution in [0.1, 0.15) is 34.1 Å². The lowest BCUT2D eigenvalue weighted by Gasteiger charge is -1.92. The number of nitrogens with one attached hydrogen (secondary N) is 1. The van der Waals surface area contributed by atoms with Crippen molar-refractivity contribution in [2.45, 2.75) is 39.0 Å². The van der Waals surface area contributed by atoms with Gasteiger partial charge in [-0.2, -0.15) is 0 Å². The Kier molecular flexibility index (Phi) is 27.5. The van der Waals surface area contributed by atoms with Gasteiger partial charge >= 0.3 is 0 Å². The van der Waals surface area contributed by atoms with Crippen molar-refractivity contribution in [1.29, 1.82) is 5.41 Å². The lowest BCUT2D eigenvalue weighted by molar-refractivity contribution is 1.28. The number of hydrogen-bond acceptors (Lipinski definition) is 2. The van der Waals surface area contributed by atoms with Crippen LogP contribution in [0.4, 0.5) is 0 Å². The monoisotopic (exact) mass is 377 g/mol. The van der Waals surface area contributed by atoms with Crippen LogP contribution in [0, 0.1) is 21.3 Å². The first-order valence-electron chi connectivity index (χ1n) is 5.84. The molecule has 0 amide bonds. The van der Waals surface area contributed by atoms with Gasteiger partial charge in [-0.3, -0.25) is 0 Å². The van der Waals surface area contributed by atoms with Crippen LogP contribution in [0.3, 0.4) is 0 Å². The Morgan fingerprint density at radius 3 is 1.89 bits per heavy atom. The largest absolute Gasteiger partial charge is 0.313 e. The van der Waals surface area contributed by atoms with Crippen LogP contribution >= 0.6 is 34.4 Å². The highest BCUT2D eigenvalue weighted by atomic mass is 127. The van der Waals surface area contributed by atoms with E-state index >= 15 is 0 Å². The lowest BCUT2D eigenvalue weighted by atomic mass is 10.4. The normalized spacial score (nSPS) is 6.94. The quantitative estimate of drug-likeness (QED) is 0.288. The molecule has 0 unspecified atom stereocenters. The minimum absolute atomic E-state index is 0.847. The van der Waals surface area contributed by atoms with Crippen molar-refractivity contribution in [3.8, 4) is 12.3 Å². The fraction of sp³-hybridized carbons (Fsp3) is 0.400. The highest BCUT2D eigenvalue weighted by Gasteiger charge is 1.86. The summed E-state index contributed by atoms with van der Waals surface area (Å²) in [5.41, 5.74) is 0. The second-order valence-corrected chi connectivity index (χ2v) is 4.63. The highest BCUT2D eigenvalue weighted by molar-refractivity contribution is 14.1. The van der Waals surface area contributed by atoms with Crippen LogP contribution in [0.2, 0.25) is 0 Å². The number of rotatable bonds is 1. The molecule has 0 saturated heterocycles. The number of thioether (sulfide) groups is 1. The first-order chi connectivity index (χ1) is 8.65. The van der Waals surface area contributed by atoms with E-state index in [4.69, 9.17) is 11.8 Å². The molecule has 0 heterocycles. The van der Waals surface area contributed by atoms with Gasteiger partial charge in [0.15, 0.2) is 0 Å². The number of halogens is 1. The molecule has 0 aromatic heterocycles. The average Bonchev–Trinajstić information content (AvgIpc) is 2.43. The van der Waals surface area contributed by atoms with Crippen molar-refractivity contribution >= 4 is 40.6 Å². The molecule has 0 aliphatic rings. The van der Waals surface area contributed by atoms with E-state index in [1.165, 1.54) is 14.7 Å². The van der Waals surface area contributed by atoms with Gasteiger partial charge in [-0.15, -0.1) is 24.1 Å². The Morgan fingerprint density at radius 2 is 1.67 bits per heavy atom. The SMILES string of the molecule is C#CCC.CC.CC=N.CSc1ccc(I)cc1. The smallest absolute Gasteiger partial charge is 0.0131 e. The molecule has 3 heteroatoms. The summed E-state index contributed by atoms with van der Waals surface area (Å²) in [6.07, 6.45) is 8.96. The Labute approximate surface area is 131 Å². The van der Waals surface area contributed by atoms with E-state index in [1.54, 1.807) is 18.7 Å². The van der Waals surface area contributed by atoms with Gasteiger partial charge in [0, 0.05) is 14.9 Å². The number of terminal acetylenes is 1. The van der Waals surface area contributed by atoms with E-state index in [1.807, 2.05) is 20.8 Å². The fourth-order valence-electron chi connectivity index (χ4n) is 0.571. The molecule has 0 spiro atoms. The third-order valence-electron chi connectivity index (χ3n) is 1.25. The van der Waals surface area contributed by atoms with E-state index in [0.29, 0.717) is 0 Å². The van der Waals surface area contributed by atoms with Crippen LogP contribution in [0.25, 0.3) is 0 Å². The molecule has 1 nitrogen and oxygen atoms in total. The summed E-state index contributed by atoms with van der Waals surface area (Å²) in [6, 6.07) is 8.50. The molecule has 0 radical (unpaired) electrons. The van der Waals surface area contributed by atoms with Gasteiger partial charge in [0.25, 0.3) is 0 Å². The standard InChI is InChI=1S/C7H7IS.C4H6.C2H5N.C2H6/c1-9-7-4-2-6(8)3-5-7;1-3-4-2;1-2-3;1-2/h2-5H,1H3;1H,4H2,2H3;2-3H,1H3;1-2H3. The highest BCUT2D eigenvalue weighted by Crippen LogP contribution is 2.15. The van der Waals surface area contributed by atoms with Crippen molar-refractivity contribution < 1.29 is 0 Å². The van der Waals surface area contributed by atoms with Gasteiger partial charge in [-0.1, -0.05) is 20.8 Å². The summed E-state index contributed by atoms with van der Waals surface area (Å²) < 4.78 is 1.30. The van der Waals surface area contributed by atoms with Gasteiger partial charge in [0.1, 0.15) is 0 Å². The Bertz CT molecular complexity index is 301. The van der Waals surface area contributed by atoms with Gasteiger partial charge in [0.2, 0.25) is 0 Å². The second-order valence-electron chi connectivity index (χ2n) is 2.50. The van der Waals surface area contributed by atoms with Crippen LogP contribution in [0.5, 0.6) is 0 Å². The molecule has 0 atom stereocenters. The van der Waals surface area contributed by atoms with Crippen LogP contribution in [-0.4, -0.2) is 12.5 Å². The molecule has 1 aromatic rings. The molecular weight excluding hydrogens is 353 g/mol. The van der Waals surface area contributed by atoms with Gasteiger partial charge in [-0.05, 0) is 66.3 Å². The Balaban J connectivity index is -0.000000212. The Morgan fingerprint density at radius 1 is 1.33 bits per heavy atom. The lowest BCUT2D eigenvalue weighted by Crippen LogP contribution is -1.69. The second kappa shape index (κ2) is 21.8. The maximum Gasteiger partial charge on any atom is 0.0131 e. The Hall–Kier alpha value is -0.470. The molecule has 102 valence electrons. The molecule has 1 aromatic carbocycles. The van der Waals surface area contributed by atoms with Crippen molar-refractivity contribution in [1.82, 2.24) is 0 Å². The van der Waals surface area contributed by atoms with Crippen molar-refractivity contribution in [2.75, 3.05) is 6.26 Å². The zero-order chi connectivity index (χ0) is 14.8. The average molecular weight is 377 g/mol. The molecule has 0 bridgehead atoms. The predicted octanol–water partition coefficient (Wildman–Crippen LogP) is 5.72. The summed E-state index contributed by atoms with van der Waals surface area (Å²) >= 11 is 4.08. The summed E-state index contributed by atoms with van der Waals surface area (Å²) in [5.74, 6) is 2.43. The zero-order valence-corrected chi connectivity index (χ0v) is 14.9. The summed E-state index contributed by atoms with van der Waals surface area (Å²) in [5, 5.41) is 6.08. The van der Waals surface area contributed by atoms with Gasteiger partial charge < -0.3 is 5.41 Å². The zero-order valence-electron chi connectivity index (χ0n) is 12.0. The van der Waals surface area contributed by atoms with E-state index in [2.05, 4.69) is 59.0 Å². The minimum atomic E-state index is 0.847. The first kappa shape index (κ1) is 22.7.